The lowest BCUT2D eigenvalue weighted by atomic mass is 10.0. The molecule has 2 rings (SSSR count). The minimum Gasteiger partial charge on any atom is -0.481 e. The molecule has 1 aromatic rings. The van der Waals surface area contributed by atoms with Gasteiger partial charge in [0, 0.05) is 18.5 Å². The largest absolute Gasteiger partial charge is 0.481 e. The number of rotatable bonds is 3. The highest BCUT2D eigenvalue weighted by atomic mass is 32.1. The summed E-state index contributed by atoms with van der Waals surface area (Å²) in [5.41, 5.74) is 0.472. The minimum absolute atomic E-state index is 0.118. The number of nitrogens with one attached hydrogen (secondary N) is 1. The molecular formula is C12H17N3O3S. The summed E-state index contributed by atoms with van der Waals surface area (Å²) >= 11 is 1.25. The zero-order valence-corrected chi connectivity index (χ0v) is 11.6. The fraction of sp³-hybridized carbons (Fsp3) is 0.583. The van der Waals surface area contributed by atoms with Crippen LogP contribution in [0.5, 0.6) is 0 Å². The molecule has 0 aliphatic carbocycles. The summed E-state index contributed by atoms with van der Waals surface area (Å²) < 4.78 is 0. The molecule has 1 aliphatic heterocycles. The van der Waals surface area contributed by atoms with Crippen LogP contribution >= 0.6 is 11.3 Å². The van der Waals surface area contributed by atoms with E-state index in [4.69, 9.17) is 5.11 Å². The number of carboxylic acids is 1. The number of aliphatic carboxylic acids is 1. The van der Waals surface area contributed by atoms with Crippen molar-refractivity contribution in [1.82, 2.24) is 9.88 Å². The Kier molecular flexibility index (Phi) is 4.36. The summed E-state index contributed by atoms with van der Waals surface area (Å²) in [6.07, 6.45) is 2.06. The molecule has 1 aromatic heterocycles. The first kappa shape index (κ1) is 13.8. The van der Waals surface area contributed by atoms with Crippen LogP contribution in [0.15, 0.2) is 5.38 Å². The average molecular weight is 283 g/mol. The Balaban J connectivity index is 1.91. The summed E-state index contributed by atoms with van der Waals surface area (Å²) in [5.74, 6) is -0.397. The second-order valence-electron chi connectivity index (χ2n) is 4.84. The van der Waals surface area contributed by atoms with Crippen LogP contribution in [0.4, 0.5) is 9.93 Å². The summed E-state index contributed by atoms with van der Waals surface area (Å²) in [7, 11) is 0. The van der Waals surface area contributed by atoms with Crippen LogP contribution in [0.25, 0.3) is 0 Å². The van der Waals surface area contributed by atoms with E-state index in [-0.39, 0.29) is 12.5 Å². The van der Waals surface area contributed by atoms with Crippen LogP contribution in [0.2, 0.25) is 0 Å². The van der Waals surface area contributed by atoms with Crippen LogP contribution in [0.3, 0.4) is 0 Å². The van der Waals surface area contributed by atoms with E-state index in [1.165, 1.54) is 11.3 Å². The molecule has 19 heavy (non-hydrogen) atoms. The third-order valence-corrected chi connectivity index (χ3v) is 3.85. The number of carbonyl (C=O) groups excluding carboxylic acids is 1. The van der Waals surface area contributed by atoms with E-state index in [0.717, 1.165) is 25.9 Å². The van der Waals surface area contributed by atoms with Crippen LogP contribution in [0, 0.1) is 5.92 Å². The first-order valence-corrected chi connectivity index (χ1v) is 7.14. The number of likely N-dealkylation sites (tertiary alicyclic amines) is 1. The van der Waals surface area contributed by atoms with Gasteiger partial charge in [0.25, 0.3) is 0 Å². The van der Waals surface area contributed by atoms with E-state index in [2.05, 4.69) is 17.2 Å². The summed E-state index contributed by atoms with van der Waals surface area (Å²) in [6, 6.07) is -0.150. The number of hydrogen-bond acceptors (Lipinski definition) is 4. The van der Waals surface area contributed by atoms with Crippen molar-refractivity contribution < 1.29 is 14.7 Å². The average Bonchev–Trinajstić information content (AvgIpc) is 2.75. The topological polar surface area (TPSA) is 82.5 Å². The van der Waals surface area contributed by atoms with Crippen molar-refractivity contribution in [3.05, 3.63) is 11.1 Å². The van der Waals surface area contributed by atoms with E-state index in [1.54, 1.807) is 10.3 Å². The Hall–Kier alpha value is -1.63. The third-order valence-electron chi connectivity index (χ3n) is 3.04. The Bertz CT molecular complexity index is 475. The van der Waals surface area contributed by atoms with Gasteiger partial charge in [-0.25, -0.2) is 9.78 Å². The molecule has 1 aliphatic rings. The molecule has 0 radical (unpaired) electrons. The molecule has 2 amide bonds. The highest BCUT2D eigenvalue weighted by Gasteiger charge is 2.21. The quantitative estimate of drug-likeness (QED) is 0.889. The molecule has 0 saturated carbocycles. The van der Waals surface area contributed by atoms with Gasteiger partial charge in [0.05, 0.1) is 12.1 Å². The van der Waals surface area contributed by atoms with Crippen molar-refractivity contribution in [3.8, 4) is 0 Å². The Morgan fingerprint density at radius 2 is 2.42 bits per heavy atom. The van der Waals surface area contributed by atoms with Gasteiger partial charge < -0.3 is 10.0 Å². The molecule has 2 heterocycles. The van der Waals surface area contributed by atoms with Crippen molar-refractivity contribution >= 4 is 28.5 Å². The van der Waals surface area contributed by atoms with E-state index in [9.17, 15) is 9.59 Å². The standard InChI is InChI=1S/C12H17N3O3S/c1-8-3-2-4-15(6-8)12(18)14-11-13-9(7-19-11)5-10(16)17/h7-8H,2-6H2,1H3,(H,16,17)(H,13,14,18). The predicted molar refractivity (Wildman–Crippen MR) is 72.4 cm³/mol. The molecular weight excluding hydrogens is 266 g/mol. The van der Waals surface area contributed by atoms with Gasteiger partial charge in [-0.2, -0.15) is 0 Å². The van der Waals surface area contributed by atoms with Crippen molar-refractivity contribution in [2.75, 3.05) is 18.4 Å². The number of thiazole rings is 1. The van der Waals surface area contributed by atoms with Gasteiger partial charge >= 0.3 is 12.0 Å². The number of hydrogen-bond donors (Lipinski definition) is 2. The predicted octanol–water partition coefficient (Wildman–Crippen LogP) is 2.03. The van der Waals surface area contributed by atoms with Crippen LogP contribution in [0.1, 0.15) is 25.5 Å². The lowest BCUT2D eigenvalue weighted by Crippen LogP contribution is -2.41. The fourth-order valence-electron chi connectivity index (χ4n) is 2.14. The first-order chi connectivity index (χ1) is 9.04. The Morgan fingerprint density at radius 1 is 1.63 bits per heavy atom. The number of carbonyl (C=O) groups is 2. The zero-order valence-electron chi connectivity index (χ0n) is 10.8. The molecule has 0 aromatic carbocycles. The number of urea groups is 1. The molecule has 1 unspecified atom stereocenters. The number of aromatic nitrogens is 1. The fourth-order valence-corrected chi connectivity index (χ4v) is 2.84. The molecule has 0 spiro atoms. The van der Waals surface area contributed by atoms with Crippen molar-refractivity contribution in [1.29, 1.82) is 0 Å². The van der Waals surface area contributed by atoms with E-state index < -0.39 is 5.97 Å². The Labute approximate surface area is 115 Å². The van der Waals surface area contributed by atoms with Gasteiger partial charge in [0.15, 0.2) is 5.13 Å². The van der Waals surface area contributed by atoms with Crippen LogP contribution in [-0.2, 0) is 11.2 Å². The molecule has 104 valence electrons. The number of nitrogens with zero attached hydrogens (tertiary/aromatic N) is 2. The van der Waals surface area contributed by atoms with E-state index in [0.29, 0.717) is 16.7 Å². The summed E-state index contributed by atoms with van der Waals surface area (Å²) in [6.45, 7) is 3.66. The SMILES string of the molecule is CC1CCCN(C(=O)Nc2nc(CC(=O)O)cs2)C1. The van der Waals surface area contributed by atoms with Gasteiger partial charge in [0.2, 0.25) is 0 Å². The second kappa shape index (κ2) is 6.01. The van der Waals surface area contributed by atoms with Gasteiger partial charge in [-0.1, -0.05) is 6.92 Å². The van der Waals surface area contributed by atoms with Gasteiger partial charge in [0.1, 0.15) is 0 Å². The minimum atomic E-state index is -0.923. The molecule has 6 nitrogen and oxygen atoms in total. The number of piperidine rings is 1. The maximum absolute atomic E-state index is 12.0. The first-order valence-electron chi connectivity index (χ1n) is 6.26. The van der Waals surface area contributed by atoms with Crippen LogP contribution < -0.4 is 5.32 Å². The molecule has 1 fully saturated rings. The highest BCUT2D eigenvalue weighted by Crippen LogP contribution is 2.19. The van der Waals surface area contributed by atoms with E-state index >= 15 is 0 Å². The normalized spacial score (nSPS) is 19.2. The monoisotopic (exact) mass is 283 g/mol. The summed E-state index contributed by atoms with van der Waals surface area (Å²) in [4.78, 5) is 28.4. The van der Waals surface area contributed by atoms with Gasteiger partial charge in [-0.3, -0.25) is 10.1 Å². The molecule has 7 heteroatoms. The van der Waals surface area contributed by atoms with Crippen LogP contribution in [-0.4, -0.2) is 40.1 Å². The number of carboxylic acid groups (broad SMARTS) is 1. The maximum Gasteiger partial charge on any atom is 0.323 e. The van der Waals surface area contributed by atoms with Crippen molar-refractivity contribution in [2.45, 2.75) is 26.2 Å². The molecule has 1 atom stereocenters. The lowest BCUT2D eigenvalue weighted by Gasteiger charge is -2.30. The summed E-state index contributed by atoms with van der Waals surface area (Å²) in [5, 5.41) is 13.5. The van der Waals surface area contributed by atoms with Crippen molar-refractivity contribution in [2.24, 2.45) is 5.92 Å². The third kappa shape index (κ3) is 3.92. The lowest BCUT2D eigenvalue weighted by molar-refractivity contribution is -0.136. The smallest absolute Gasteiger partial charge is 0.323 e. The number of anilines is 1. The Morgan fingerprint density at radius 3 is 3.11 bits per heavy atom. The van der Waals surface area contributed by atoms with Gasteiger partial charge in [-0.15, -0.1) is 11.3 Å². The molecule has 0 bridgehead atoms. The number of amides is 2. The van der Waals surface area contributed by atoms with E-state index in [1.807, 2.05) is 0 Å². The zero-order chi connectivity index (χ0) is 13.8. The maximum atomic E-state index is 12.0. The molecule has 1 saturated heterocycles. The highest BCUT2D eigenvalue weighted by molar-refractivity contribution is 7.13. The van der Waals surface area contributed by atoms with Crippen molar-refractivity contribution in [3.63, 3.8) is 0 Å². The molecule has 2 N–H and O–H groups in total. The second-order valence-corrected chi connectivity index (χ2v) is 5.70. The van der Waals surface area contributed by atoms with Gasteiger partial charge in [-0.05, 0) is 18.8 Å².